The van der Waals surface area contributed by atoms with Gasteiger partial charge in [0.2, 0.25) is 5.91 Å². The number of likely N-dealkylation sites (N-methyl/N-ethyl adjacent to an activating group) is 1. The van der Waals surface area contributed by atoms with Gasteiger partial charge in [-0.3, -0.25) is 13.8 Å². The molecule has 0 bridgehead atoms. The number of rotatable bonds is 45. The summed E-state index contributed by atoms with van der Waals surface area (Å²) in [6.45, 7) is 4.64. The predicted octanol–water partition coefficient (Wildman–Crippen LogP) is 15.1. The molecule has 0 aromatic heterocycles. The van der Waals surface area contributed by atoms with Gasteiger partial charge >= 0.3 is 7.82 Å². The summed E-state index contributed by atoms with van der Waals surface area (Å²) in [5.41, 5.74) is 0. The van der Waals surface area contributed by atoms with Gasteiger partial charge in [0.1, 0.15) is 13.2 Å². The predicted molar refractivity (Wildman–Crippen MR) is 276 cm³/mol. The highest BCUT2D eigenvalue weighted by molar-refractivity contribution is 7.47. The third-order valence-electron chi connectivity index (χ3n) is 10.8. The lowest BCUT2D eigenvalue weighted by Gasteiger charge is -2.25. The molecule has 1 amide bonds. The quantitative estimate of drug-likeness (QED) is 0.0243. The number of nitrogens with zero attached hydrogens (tertiary/aromatic N) is 1. The van der Waals surface area contributed by atoms with Gasteiger partial charge in [0.25, 0.3) is 0 Å². The van der Waals surface area contributed by atoms with Crippen LogP contribution in [0.15, 0.2) is 97.2 Å². The summed E-state index contributed by atoms with van der Waals surface area (Å²) >= 11 is 0. The van der Waals surface area contributed by atoms with Crippen LogP contribution in [0.3, 0.4) is 0 Å². The molecule has 0 fully saturated rings. The van der Waals surface area contributed by atoms with E-state index >= 15 is 0 Å². The van der Waals surface area contributed by atoms with Crippen LogP contribution in [0.1, 0.15) is 194 Å². The van der Waals surface area contributed by atoms with Crippen molar-refractivity contribution in [1.82, 2.24) is 5.32 Å². The fraction of sp³-hybridized carbons (Fsp3) is 0.691. The molecule has 0 heterocycles. The Morgan fingerprint density at radius 1 is 0.547 bits per heavy atom. The van der Waals surface area contributed by atoms with Crippen molar-refractivity contribution in [3.05, 3.63) is 97.2 Å². The number of quaternary nitrogens is 1. The Kier molecular flexibility index (Phi) is 43.7. The van der Waals surface area contributed by atoms with Gasteiger partial charge in [0.15, 0.2) is 0 Å². The molecule has 8 nitrogen and oxygen atoms in total. The lowest BCUT2D eigenvalue weighted by atomic mass is 10.0. The van der Waals surface area contributed by atoms with E-state index in [0.29, 0.717) is 17.4 Å². The van der Waals surface area contributed by atoms with E-state index in [1.54, 1.807) is 6.08 Å². The highest BCUT2D eigenvalue weighted by Crippen LogP contribution is 2.43. The molecule has 0 saturated carbocycles. The molecule has 3 unspecified atom stereocenters. The number of phosphoric acid groups is 1. The highest BCUT2D eigenvalue weighted by Gasteiger charge is 2.27. The van der Waals surface area contributed by atoms with Crippen molar-refractivity contribution < 1.29 is 32.9 Å². The second-order valence-electron chi connectivity index (χ2n) is 18.2. The van der Waals surface area contributed by atoms with Gasteiger partial charge in [-0.05, 0) is 83.5 Å². The first-order valence-corrected chi connectivity index (χ1v) is 27.1. The van der Waals surface area contributed by atoms with Gasteiger partial charge in [-0.25, -0.2) is 4.57 Å². The number of hydrogen-bond acceptors (Lipinski definition) is 5. The molecule has 0 saturated heterocycles. The maximum Gasteiger partial charge on any atom is 0.472 e. The smallest absolute Gasteiger partial charge is 0.387 e. The van der Waals surface area contributed by atoms with Crippen molar-refractivity contribution in [2.45, 2.75) is 206 Å². The van der Waals surface area contributed by atoms with Gasteiger partial charge in [-0.2, -0.15) is 0 Å². The van der Waals surface area contributed by atoms with Gasteiger partial charge in [-0.15, -0.1) is 0 Å². The summed E-state index contributed by atoms with van der Waals surface area (Å²) in [5, 5.41) is 13.8. The summed E-state index contributed by atoms with van der Waals surface area (Å²) in [6, 6.07) is -0.893. The summed E-state index contributed by atoms with van der Waals surface area (Å²) in [5.74, 6) is -0.232. The van der Waals surface area contributed by atoms with Gasteiger partial charge < -0.3 is 19.8 Å². The molecule has 0 rings (SSSR count). The van der Waals surface area contributed by atoms with Crippen LogP contribution in [-0.2, 0) is 18.4 Å². The van der Waals surface area contributed by atoms with Crippen molar-refractivity contribution in [2.24, 2.45) is 0 Å². The molecule has 0 radical (unpaired) electrons. The molecule has 0 aliphatic carbocycles. The maximum atomic E-state index is 12.9. The minimum Gasteiger partial charge on any atom is -0.387 e. The third-order valence-corrected chi connectivity index (χ3v) is 11.8. The van der Waals surface area contributed by atoms with Crippen LogP contribution < -0.4 is 5.32 Å². The van der Waals surface area contributed by atoms with Gasteiger partial charge in [0, 0.05) is 6.42 Å². The van der Waals surface area contributed by atoms with Crippen molar-refractivity contribution in [3.8, 4) is 0 Å². The van der Waals surface area contributed by atoms with E-state index < -0.39 is 20.0 Å². The molecule has 0 aliphatic heterocycles. The first kappa shape index (κ1) is 61.4. The number of unbranched alkanes of at least 4 members (excludes halogenated alkanes) is 18. The molecule has 64 heavy (non-hydrogen) atoms. The lowest BCUT2D eigenvalue weighted by Crippen LogP contribution is -2.45. The fourth-order valence-corrected chi connectivity index (χ4v) is 7.50. The number of hydrogen-bond donors (Lipinski definition) is 3. The Labute approximate surface area is 394 Å². The summed E-state index contributed by atoms with van der Waals surface area (Å²) < 4.78 is 23.6. The van der Waals surface area contributed by atoms with Crippen molar-refractivity contribution in [1.29, 1.82) is 0 Å². The Balaban J connectivity index is 4.48. The van der Waals surface area contributed by atoms with E-state index in [1.165, 1.54) is 96.3 Å². The molecular weight excluding hydrogens is 816 g/mol. The zero-order chi connectivity index (χ0) is 47.1. The van der Waals surface area contributed by atoms with E-state index in [-0.39, 0.29) is 25.5 Å². The fourth-order valence-electron chi connectivity index (χ4n) is 6.77. The Hall–Kier alpha value is -2.58. The summed E-state index contributed by atoms with van der Waals surface area (Å²) in [7, 11) is 1.51. The van der Waals surface area contributed by atoms with Crippen LogP contribution in [0.25, 0.3) is 0 Å². The van der Waals surface area contributed by atoms with Crippen molar-refractivity contribution >= 4 is 13.7 Å². The number of carbonyl (C=O) groups is 1. The Bertz CT molecular complexity index is 1360. The van der Waals surface area contributed by atoms with E-state index in [0.717, 1.165) is 70.6 Å². The van der Waals surface area contributed by atoms with Crippen LogP contribution >= 0.6 is 7.82 Å². The third kappa shape index (κ3) is 47.4. The molecule has 3 N–H and O–H groups in total. The Morgan fingerprint density at radius 2 is 0.953 bits per heavy atom. The minimum absolute atomic E-state index is 0.0421. The topological polar surface area (TPSA) is 105 Å². The lowest BCUT2D eigenvalue weighted by molar-refractivity contribution is -0.870. The van der Waals surface area contributed by atoms with Crippen molar-refractivity contribution in [3.63, 3.8) is 0 Å². The number of aliphatic hydroxyl groups is 1. The summed E-state index contributed by atoms with van der Waals surface area (Å²) in [6.07, 6.45) is 65.0. The van der Waals surface area contributed by atoms with Crippen LogP contribution in [0.5, 0.6) is 0 Å². The van der Waals surface area contributed by atoms with Crippen LogP contribution in [0.2, 0.25) is 0 Å². The molecule has 3 atom stereocenters. The SMILES string of the molecule is CC/C=C\C/C=C\C/C=C\C/C=C\C/C=C\C/C=C\CCCCC(=O)NC(COP(=O)(O)OCC[N+](C)(C)C)C(O)/C=C/CC/C=C/CCCCCCCCCCCCCCCCC. The molecular formula is C55H98N2O6P+. The number of aliphatic hydroxyl groups excluding tert-OH is 1. The molecule has 0 aromatic rings. The van der Waals surface area contributed by atoms with Crippen molar-refractivity contribution in [2.75, 3.05) is 40.9 Å². The van der Waals surface area contributed by atoms with E-state index in [4.69, 9.17) is 9.05 Å². The van der Waals surface area contributed by atoms with Gasteiger partial charge in [0.05, 0.1) is 39.9 Å². The molecule has 0 aromatic carbocycles. The zero-order valence-electron chi connectivity index (χ0n) is 41.7. The minimum atomic E-state index is -4.37. The monoisotopic (exact) mass is 914 g/mol. The van der Waals surface area contributed by atoms with Crippen LogP contribution in [0.4, 0.5) is 0 Å². The molecule has 9 heteroatoms. The molecule has 0 spiro atoms. The van der Waals surface area contributed by atoms with Gasteiger partial charge in [-0.1, -0.05) is 201 Å². The highest BCUT2D eigenvalue weighted by atomic mass is 31.2. The zero-order valence-corrected chi connectivity index (χ0v) is 42.6. The number of phosphoric ester groups is 1. The summed E-state index contributed by atoms with van der Waals surface area (Å²) in [4.78, 5) is 23.2. The normalized spacial score (nSPS) is 14.9. The first-order valence-electron chi connectivity index (χ1n) is 25.6. The maximum absolute atomic E-state index is 12.9. The van der Waals surface area contributed by atoms with E-state index in [2.05, 4.69) is 104 Å². The standard InChI is InChI=1S/C55H97N2O6P/c1-6-8-10-12-14-16-18-20-22-24-26-28-30-32-34-36-38-40-42-44-46-48-54(58)53(52-63-64(60,61)62-51-50-57(3,4)5)56-55(59)49-47-45-43-41-39-37-35-33-31-29-27-25-23-21-19-17-15-13-11-9-7-2/h9,11,15,17,21,23,27,29,33,35,38-41,46,48,53-54,58H,6-8,10,12-14,16,18-20,22,24-26,28,30-32,34,36-37,42-45,47,49-52H2,1-5H3,(H-,56,59,60,61)/p+1/b11-9-,17-15-,23-21-,29-27-,35-33-,40-38+,41-39-,48-46+. The van der Waals surface area contributed by atoms with E-state index in [9.17, 15) is 19.4 Å². The van der Waals surface area contributed by atoms with Crippen LogP contribution in [-0.4, -0.2) is 73.4 Å². The largest absolute Gasteiger partial charge is 0.472 e. The number of amides is 1. The second-order valence-corrected chi connectivity index (χ2v) is 19.6. The Morgan fingerprint density at radius 3 is 1.44 bits per heavy atom. The number of nitrogens with one attached hydrogen (secondary N) is 1. The second kappa shape index (κ2) is 45.6. The van der Waals surface area contributed by atoms with E-state index in [1.807, 2.05) is 27.2 Å². The average molecular weight is 914 g/mol. The van der Waals surface area contributed by atoms with Crippen LogP contribution in [0, 0.1) is 0 Å². The average Bonchev–Trinajstić information content (AvgIpc) is 3.25. The number of carbonyl (C=O) groups excluding carboxylic acids is 1. The molecule has 0 aliphatic rings. The number of allylic oxidation sites excluding steroid dienone is 15. The first-order chi connectivity index (χ1) is 31.0. The molecule has 368 valence electrons.